The summed E-state index contributed by atoms with van der Waals surface area (Å²) in [4.78, 5) is 12.2. The molecule has 1 N–H and O–H groups in total. The first kappa shape index (κ1) is 19.4. The van der Waals surface area contributed by atoms with E-state index in [2.05, 4.69) is 15.1 Å². The Kier molecular flexibility index (Phi) is 5.35. The van der Waals surface area contributed by atoms with E-state index in [1.54, 1.807) is 12.1 Å². The van der Waals surface area contributed by atoms with Gasteiger partial charge in [-0.3, -0.25) is 4.79 Å². The van der Waals surface area contributed by atoms with Gasteiger partial charge < -0.3 is 4.57 Å². The molecule has 0 atom stereocenters. The third-order valence-corrected chi connectivity index (χ3v) is 4.28. The van der Waals surface area contributed by atoms with Crippen molar-refractivity contribution in [3.63, 3.8) is 0 Å². The molecule has 0 aliphatic carbocycles. The summed E-state index contributed by atoms with van der Waals surface area (Å²) in [6.07, 6.45) is -3.09. The SMILES string of the molecule is Cc1ccc(C)n1-c1ccc(C(=O)N/N=C/c2ccc(C(F)(F)F)cc2)cc1. The van der Waals surface area contributed by atoms with Crippen LogP contribution < -0.4 is 5.43 Å². The van der Waals surface area contributed by atoms with Gasteiger partial charge in [-0.05, 0) is 67.9 Å². The van der Waals surface area contributed by atoms with Gasteiger partial charge in [-0.25, -0.2) is 5.43 Å². The number of aromatic nitrogens is 1. The molecule has 144 valence electrons. The third-order valence-electron chi connectivity index (χ3n) is 4.28. The molecule has 0 saturated heterocycles. The molecule has 7 heteroatoms. The maximum absolute atomic E-state index is 12.5. The van der Waals surface area contributed by atoms with Gasteiger partial charge in [0.15, 0.2) is 0 Å². The van der Waals surface area contributed by atoms with Gasteiger partial charge in [0.2, 0.25) is 0 Å². The molecule has 1 amide bonds. The molecule has 0 aliphatic rings. The number of alkyl halides is 3. The molecule has 1 heterocycles. The first-order valence-corrected chi connectivity index (χ1v) is 8.52. The number of aryl methyl sites for hydroxylation is 2. The van der Waals surface area contributed by atoms with Crippen LogP contribution in [0.4, 0.5) is 13.2 Å². The van der Waals surface area contributed by atoms with Crippen molar-refractivity contribution < 1.29 is 18.0 Å². The van der Waals surface area contributed by atoms with E-state index in [1.807, 2.05) is 38.1 Å². The highest BCUT2D eigenvalue weighted by molar-refractivity contribution is 5.95. The van der Waals surface area contributed by atoms with Crippen LogP contribution in [0.25, 0.3) is 5.69 Å². The summed E-state index contributed by atoms with van der Waals surface area (Å²) in [5.74, 6) is -0.407. The summed E-state index contributed by atoms with van der Waals surface area (Å²) in [5.41, 5.74) is 5.65. The fourth-order valence-electron chi connectivity index (χ4n) is 2.83. The van der Waals surface area contributed by atoms with Crippen LogP contribution in [0, 0.1) is 13.8 Å². The number of hydrazone groups is 1. The van der Waals surface area contributed by atoms with Crippen molar-refractivity contribution >= 4 is 12.1 Å². The van der Waals surface area contributed by atoms with Crippen molar-refractivity contribution in [2.45, 2.75) is 20.0 Å². The highest BCUT2D eigenvalue weighted by Gasteiger charge is 2.29. The minimum atomic E-state index is -4.38. The zero-order valence-corrected chi connectivity index (χ0v) is 15.3. The molecule has 2 aromatic carbocycles. The number of hydrogen-bond acceptors (Lipinski definition) is 2. The predicted octanol–water partition coefficient (Wildman–Crippen LogP) is 4.88. The number of rotatable bonds is 4. The minimum Gasteiger partial charge on any atom is -0.319 e. The zero-order valence-electron chi connectivity index (χ0n) is 15.3. The zero-order chi connectivity index (χ0) is 20.3. The van der Waals surface area contributed by atoms with Crippen molar-refractivity contribution in [2.75, 3.05) is 0 Å². The van der Waals surface area contributed by atoms with Gasteiger partial charge in [0, 0.05) is 22.6 Å². The van der Waals surface area contributed by atoms with Crippen LogP contribution in [0.2, 0.25) is 0 Å². The van der Waals surface area contributed by atoms with E-state index in [-0.39, 0.29) is 0 Å². The van der Waals surface area contributed by atoms with Crippen LogP contribution in [0.5, 0.6) is 0 Å². The molecule has 1 aromatic heterocycles. The molecule has 4 nitrogen and oxygen atoms in total. The predicted molar refractivity (Wildman–Crippen MR) is 102 cm³/mol. The fraction of sp³-hybridized carbons (Fsp3) is 0.143. The van der Waals surface area contributed by atoms with Crippen LogP contribution >= 0.6 is 0 Å². The minimum absolute atomic E-state index is 0.407. The third kappa shape index (κ3) is 4.31. The molecular formula is C21H18F3N3O. The number of hydrogen-bond donors (Lipinski definition) is 1. The van der Waals surface area contributed by atoms with Crippen molar-refractivity contribution in [3.8, 4) is 5.69 Å². The highest BCUT2D eigenvalue weighted by atomic mass is 19.4. The molecule has 28 heavy (non-hydrogen) atoms. The van der Waals surface area contributed by atoms with E-state index in [4.69, 9.17) is 0 Å². The van der Waals surface area contributed by atoms with Gasteiger partial charge in [-0.1, -0.05) is 12.1 Å². The summed E-state index contributed by atoms with van der Waals surface area (Å²) in [7, 11) is 0. The van der Waals surface area contributed by atoms with Crippen LogP contribution in [0.15, 0.2) is 65.8 Å². The molecule has 3 aromatic rings. The van der Waals surface area contributed by atoms with Gasteiger partial charge in [0.25, 0.3) is 5.91 Å². The van der Waals surface area contributed by atoms with Gasteiger partial charge in [-0.15, -0.1) is 0 Å². The van der Waals surface area contributed by atoms with E-state index in [1.165, 1.54) is 18.3 Å². The summed E-state index contributed by atoms with van der Waals surface area (Å²) >= 11 is 0. The van der Waals surface area contributed by atoms with Gasteiger partial charge in [0.05, 0.1) is 11.8 Å². The Hall–Kier alpha value is -3.35. The molecule has 3 rings (SSSR count). The smallest absolute Gasteiger partial charge is 0.319 e. The lowest BCUT2D eigenvalue weighted by atomic mass is 10.1. The maximum atomic E-state index is 12.5. The maximum Gasteiger partial charge on any atom is 0.416 e. The van der Waals surface area contributed by atoms with Crippen LogP contribution in [0.1, 0.15) is 32.9 Å². The van der Waals surface area contributed by atoms with E-state index < -0.39 is 17.6 Å². The number of halogens is 3. The highest BCUT2D eigenvalue weighted by Crippen LogP contribution is 2.28. The first-order chi connectivity index (χ1) is 13.3. The standard InChI is InChI=1S/C21H18F3N3O/c1-14-3-4-15(2)27(14)19-11-7-17(8-12-19)20(28)26-25-13-16-5-9-18(10-6-16)21(22,23)24/h3-13H,1-2H3,(H,26,28)/b25-13+. The lowest BCUT2D eigenvalue weighted by Gasteiger charge is -2.10. The van der Waals surface area contributed by atoms with E-state index in [0.717, 1.165) is 29.2 Å². The molecular weight excluding hydrogens is 367 g/mol. The van der Waals surface area contributed by atoms with Crippen molar-refractivity contribution in [1.29, 1.82) is 0 Å². The second kappa shape index (κ2) is 7.72. The van der Waals surface area contributed by atoms with Crippen LogP contribution in [-0.2, 0) is 6.18 Å². The van der Waals surface area contributed by atoms with Crippen molar-refractivity contribution in [2.24, 2.45) is 5.10 Å². The fourth-order valence-corrected chi connectivity index (χ4v) is 2.83. The number of benzene rings is 2. The first-order valence-electron chi connectivity index (χ1n) is 8.52. The number of carbonyl (C=O) groups is 1. The molecule has 0 saturated carbocycles. The van der Waals surface area contributed by atoms with Crippen LogP contribution in [0.3, 0.4) is 0 Å². The normalized spacial score (nSPS) is 11.8. The van der Waals surface area contributed by atoms with Crippen LogP contribution in [-0.4, -0.2) is 16.7 Å². The van der Waals surface area contributed by atoms with E-state index in [9.17, 15) is 18.0 Å². The number of nitrogens with one attached hydrogen (secondary N) is 1. The Labute approximate surface area is 160 Å². The Morgan fingerprint density at radius 3 is 2.04 bits per heavy atom. The monoisotopic (exact) mass is 385 g/mol. The number of nitrogens with zero attached hydrogens (tertiary/aromatic N) is 2. The average molecular weight is 385 g/mol. The number of carbonyl (C=O) groups excluding carboxylic acids is 1. The second-order valence-electron chi connectivity index (χ2n) is 6.32. The summed E-state index contributed by atoms with van der Waals surface area (Å²) in [6, 6.07) is 15.6. The van der Waals surface area contributed by atoms with Gasteiger partial charge in [-0.2, -0.15) is 18.3 Å². The van der Waals surface area contributed by atoms with E-state index in [0.29, 0.717) is 11.1 Å². The molecule has 0 bridgehead atoms. The average Bonchev–Trinajstić information content (AvgIpc) is 3.00. The molecule has 0 radical (unpaired) electrons. The van der Waals surface area contributed by atoms with Crippen molar-refractivity contribution in [3.05, 3.63) is 88.7 Å². The summed E-state index contributed by atoms with van der Waals surface area (Å²) in [5, 5.41) is 3.80. The Morgan fingerprint density at radius 1 is 0.929 bits per heavy atom. The molecule has 0 aliphatic heterocycles. The van der Waals surface area contributed by atoms with Gasteiger partial charge in [0.1, 0.15) is 0 Å². The quantitative estimate of drug-likeness (QED) is 0.505. The molecule has 0 spiro atoms. The van der Waals surface area contributed by atoms with Crippen molar-refractivity contribution in [1.82, 2.24) is 9.99 Å². The molecule has 0 unspecified atom stereocenters. The Balaban J connectivity index is 1.64. The lowest BCUT2D eigenvalue weighted by Crippen LogP contribution is -2.17. The topological polar surface area (TPSA) is 46.4 Å². The van der Waals surface area contributed by atoms with Gasteiger partial charge >= 0.3 is 6.18 Å². The lowest BCUT2D eigenvalue weighted by molar-refractivity contribution is -0.137. The summed E-state index contributed by atoms with van der Waals surface area (Å²) < 4.78 is 39.7. The second-order valence-corrected chi connectivity index (χ2v) is 6.32. The largest absolute Gasteiger partial charge is 0.416 e. The van der Waals surface area contributed by atoms with E-state index >= 15 is 0 Å². The number of amides is 1. The Bertz CT molecular complexity index is 981. The molecule has 0 fully saturated rings. The summed E-state index contributed by atoms with van der Waals surface area (Å²) in [6.45, 7) is 4.01. The Morgan fingerprint density at radius 2 is 1.50 bits per heavy atom.